The van der Waals surface area contributed by atoms with E-state index in [1.807, 2.05) is 18.2 Å². The van der Waals surface area contributed by atoms with Gasteiger partial charge in [0, 0.05) is 17.2 Å². The second-order valence-corrected chi connectivity index (χ2v) is 9.10. The van der Waals surface area contributed by atoms with Gasteiger partial charge >= 0.3 is 0 Å². The Labute approximate surface area is 142 Å². The Bertz CT molecular complexity index is 681. The number of carbonyl (C=O) groups excluding carboxylic acids is 1. The Kier molecular flexibility index (Phi) is 4.42. The van der Waals surface area contributed by atoms with Gasteiger partial charge in [0.25, 0.3) is 0 Å². The Hall–Kier alpha value is -1.68. The highest BCUT2D eigenvalue weighted by atomic mass is 32.2. The number of hydrogen-bond donors (Lipinski definition) is 2. The van der Waals surface area contributed by atoms with Gasteiger partial charge in [-0.2, -0.15) is 0 Å². The van der Waals surface area contributed by atoms with E-state index < -0.39 is 0 Å². The molecule has 2 rings (SSSR count). The van der Waals surface area contributed by atoms with Crippen molar-refractivity contribution in [2.75, 3.05) is 0 Å². The number of nitrogens with two attached hydrogens (primary N) is 1. The van der Waals surface area contributed by atoms with Crippen LogP contribution in [-0.4, -0.2) is 10.9 Å². The molecule has 23 heavy (non-hydrogen) atoms. The van der Waals surface area contributed by atoms with Crippen molar-refractivity contribution in [1.29, 1.82) is 0 Å². The lowest BCUT2D eigenvalue weighted by Gasteiger charge is -2.28. The third-order valence-electron chi connectivity index (χ3n) is 3.79. The molecule has 1 aromatic rings. The molecule has 124 valence electrons. The standard InChI is InChI=1S/C19H25NO2S/c1-18(2,3)12-7-11(8-13(17(12)22)19(4,5)6)9-15-14(21)10-16(20)23-15/h7-10,22H,20H2,1-6H3/b15-9-. The van der Waals surface area contributed by atoms with Crippen LogP contribution in [0, 0.1) is 0 Å². The number of hydrogen-bond acceptors (Lipinski definition) is 4. The number of allylic oxidation sites excluding steroid dienone is 2. The first-order chi connectivity index (χ1) is 10.4. The molecule has 0 saturated carbocycles. The molecule has 1 heterocycles. The van der Waals surface area contributed by atoms with Gasteiger partial charge in [0.15, 0.2) is 5.78 Å². The third-order valence-corrected chi connectivity index (χ3v) is 4.68. The van der Waals surface area contributed by atoms with E-state index in [1.165, 1.54) is 17.8 Å². The van der Waals surface area contributed by atoms with Crippen molar-refractivity contribution in [3.8, 4) is 5.75 Å². The number of rotatable bonds is 1. The number of phenols is 1. The van der Waals surface area contributed by atoms with E-state index in [1.54, 1.807) is 0 Å². The largest absolute Gasteiger partial charge is 0.507 e. The first-order valence-electron chi connectivity index (χ1n) is 7.68. The molecule has 0 unspecified atom stereocenters. The zero-order valence-electron chi connectivity index (χ0n) is 14.7. The summed E-state index contributed by atoms with van der Waals surface area (Å²) in [7, 11) is 0. The summed E-state index contributed by atoms with van der Waals surface area (Å²) >= 11 is 1.29. The smallest absolute Gasteiger partial charge is 0.195 e. The molecule has 4 heteroatoms. The van der Waals surface area contributed by atoms with Crippen LogP contribution >= 0.6 is 11.8 Å². The normalized spacial score (nSPS) is 17.7. The van der Waals surface area contributed by atoms with Gasteiger partial charge in [0.1, 0.15) is 5.75 Å². The number of ketones is 1. The minimum atomic E-state index is -0.192. The summed E-state index contributed by atoms with van der Waals surface area (Å²) in [6.45, 7) is 12.4. The van der Waals surface area contributed by atoms with Crippen LogP contribution < -0.4 is 5.73 Å². The molecule has 3 N–H and O–H groups in total. The van der Waals surface area contributed by atoms with Gasteiger partial charge in [-0.05, 0) is 34.6 Å². The van der Waals surface area contributed by atoms with Crippen LogP contribution in [0.2, 0.25) is 0 Å². The van der Waals surface area contributed by atoms with E-state index in [0.29, 0.717) is 15.7 Å². The van der Waals surface area contributed by atoms with E-state index in [4.69, 9.17) is 5.73 Å². The van der Waals surface area contributed by atoms with Gasteiger partial charge in [-0.25, -0.2) is 0 Å². The fraction of sp³-hybridized carbons (Fsp3) is 0.421. The van der Waals surface area contributed by atoms with E-state index in [2.05, 4.69) is 41.5 Å². The summed E-state index contributed by atoms with van der Waals surface area (Å²) in [5, 5.41) is 11.2. The van der Waals surface area contributed by atoms with Crippen molar-refractivity contribution < 1.29 is 9.90 Å². The molecule has 0 fully saturated rings. The van der Waals surface area contributed by atoms with Crippen molar-refractivity contribution >= 4 is 23.6 Å². The number of carbonyl (C=O) groups is 1. The minimum absolute atomic E-state index is 0.0600. The molecule has 1 aromatic carbocycles. The second-order valence-electron chi connectivity index (χ2n) is 7.99. The van der Waals surface area contributed by atoms with Crippen molar-refractivity contribution in [2.45, 2.75) is 52.4 Å². The maximum Gasteiger partial charge on any atom is 0.195 e. The van der Waals surface area contributed by atoms with Gasteiger partial charge in [-0.15, -0.1) is 0 Å². The second kappa shape index (κ2) is 5.75. The van der Waals surface area contributed by atoms with Crippen molar-refractivity contribution in [3.63, 3.8) is 0 Å². The number of benzene rings is 1. The van der Waals surface area contributed by atoms with E-state index >= 15 is 0 Å². The Morgan fingerprint density at radius 1 is 1.04 bits per heavy atom. The van der Waals surface area contributed by atoms with Crippen molar-refractivity contribution in [1.82, 2.24) is 0 Å². The quantitative estimate of drug-likeness (QED) is 0.747. The molecule has 0 spiro atoms. The van der Waals surface area contributed by atoms with Crippen LogP contribution in [0.3, 0.4) is 0 Å². The highest BCUT2D eigenvalue weighted by Crippen LogP contribution is 2.41. The summed E-state index contributed by atoms with van der Waals surface area (Å²) in [6, 6.07) is 3.92. The van der Waals surface area contributed by atoms with Gasteiger partial charge in [0.05, 0.1) is 9.93 Å². The lowest BCUT2D eigenvalue weighted by molar-refractivity contribution is -0.110. The van der Waals surface area contributed by atoms with Gasteiger partial charge in [0.2, 0.25) is 0 Å². The maximum absolute atomic E-state index is 11.9. The molecule has 0 atom stereocenters. The van der Waals surface area contributed by atoms with Crippen LogP contribution in [-0.2, 0) is 15.6 Å². The van der Waals surface area contributed by atoms with Crippen molar-refractivity contribution in [2.24, 2.45) is 5.73 Å². The number of thioether (sulfide) groups is 1. The first-order valence-corrected chi connectivity index (χ1v) is 8.50. The lowest BCUT2D eigenvalue weighted by atomic mass is 9.78. The molecular weight excluding hydrogens is 306 g/mol. The topological polar surface area (TPSA) is 63.3 Å². The van der Waals surface area contributed by atoms with E-state index in [9.17, 15) is 9.90 Å². The van der Waals surface area contributed by atoms with Gasteiger partial charge in [-0.3, -0.25) is 4.79 Å². The average Bonchev–Trinajstić information content (AvgIpc) is 2.67. The summed E-state index contributed by atoms with van der Waals surface area (Å²) < 4.78 is 0. The molecule has 0 saturated heterocycles. The fourth-order valence-electron chi connectivity index (χ4n) is 2.54. The van der Waals surface area contributed by atoms with Crippen molar-refractivity contribution in [3.05, 3.63) is 44.8 Å². The number of phenolic OH excluding ortho intramolecular Hbond substituents is 1. The SMILES string of the molecule is CC(C)(C)c1cc(/C=C2\SC(N)=CC2=O)cc(C(C)(C)C)c1O. The van der Waals surface area contributed by atoms with Crippen LogP contribution in [0.4, 0.5) is 0 Å². The first kappa shape index (κ1) is 17.7. The summed E-state index contributed by atoms with van der Waals surface area (Å²) in [5.41, 5.74) is 8.01. The molecule has 0 bridgehead atoms. The zero-order valence-corrected chi connectivity index (χ0v) is 15.5. The monoisotopic (exact) mass is 331 g/mol. The van der Waals surface area contributed by atoms with Gasteiger partial charge in [-0.1, -0.05) is 53.3 Å². The Morgan fingerprint density at radius 2 is 1.52 bits per heavy atom. The highest BCUT2D eigenvalue weighted by molar-refractivity contribution is 8.08. The summed E-state index contributed by atoms with van der Waals surface area (Å²) in [5.74, 6) is 0.283. The predicted octanol–water partition coefficient (Wildman–Crippen LogP) is 4.44. The highest BCUT2D eigenvalue weighted by Gasteiger charge is 2.27. The summed E-state index contributed by atoms with van der Waals surface area (Å²) in [4.78, 5) is 12.5. The zero-order chi connectivity index (χ0) is 17.6. The molecule has 0 aliphatic carbocycles. The maximum atomic E-state index is 11.9. The summed E-state index contributed by atoms with van der Waals surface area (Å²) in [6.07, 6.45) is 3.31. The fourth-order valence-corrected chi connectivity index (χ4v) is 3.32. The van der Waals surface area contributed by atoms with Gasteiger partial charge < -0.3 is 10.8 Å². The van der Waals surface area contributed by atoms with Crippen LogP contribution in [0.5, 0.6) is 5.75 Å². The molecular formula is C19H25NO2S. The minimum Gasteiger partial charge on any atom is -0.507 e. The number of aromatic hydroxyl groups is 1. The molecule has 1 aliphatic heterocycles. The average molecular weight is 331 g/mol. The lowest BCUT2D eigenvalue weighted by Crippen LogP contribution is -2.17. The Balaban J connectivity index is 2.62. The van der Waals surface area contributed by atoms with Crippen LogP contribution in [0.15, 0.2) is 28.1 Å². The predicted molar refractivity (Wildman–Crippen MR) is 98.4 cm³/mol. The molecule has 0 aromatic heterocycles. The van der Waals surface area contributed by atoms with E-state index in [-0.39, 0.29) is 16.6 Å². The van der Waals surface area contributed by atoms with Crippen LogP contribution in [0.25, 0.3) is 6.08 Å². The van der Waals surface area contributed by atoms with E-state index in [0.717, 1.165) is 16.7 Å². The third kappa shape index (κ3) is 3.81. The molecule has 3 nitrogen and oxygen atoms in total. The Morgan fingerprint density at radius 3 is 1.87 bits per heavy atom. The molecule has 0 radical (unpaired) electrons. The molecule has 0 amide bonds. The molecule has 1 aliphatic rings. The van der Waals surface area contributed by atoms with Crippen LogP contribution in [0.1, 0.15) is 58.2 Å².